The Morgan fingerprint density at radius 1 is 1.45 bits per heavy atom. The first-order valence-electron chi connectivity index (χ1n) is 6.59. The van der Waals surface area contributed by atoms with Gasteiger partial charge in [0, 0.05) is 26.0 Å². The van der Waals surface area contributed by atoms with Crippen molar-refractivity contribution in [3.05, 3.63) is 11.6 Å². The van der Waals surface area contributed by atoms with E-state index >= 15 is 0 Å². The number of ether oxygens (including phenoxy) is 1. The second-order valence-electron chi connectivity index (χ2n) is 5.22. The van der Waals surface area contributed by atoms with Gasteiger partial charge in [-0.15, -0.1) is 5.10 Å². The molecule has 1 amide bonds. The van der Waals surface area contributed by atoms with Gasteiger partial charge in [0.05, 0.1) is 6.10 Å². The summed E-state index contributed by atoms with van der Waals surface area (Å²) in [5.41, 5.74) is 0. The van der Waals surface area contributed by atoms with E-state index in [0.717, 1.165) is 12.8 Å². The van der Waals surface area contributed by atoms with Gasteiger partial charge in [-0.1, -0.05) is 0 Å². The van der Waals surface area contributed by atoms with Crippen LogP contribution in [0.4, 0.5) is 0 Å². The van der Waals surface area contributed by atoms with Crippen LogP contribution in [0.15, 0.2) is 0 Å². The minimum absolute atomic E-state index is 0.0369. The van der Waals surface area contributed by atoms with Crippen LogP contribution >= 0.6 is 0 Å². The van der Waals surface area contributed by atoms with Crippen molar-refractivity contribution in [3.63, 3.8) is 0 Å². The molecule has 108 valence electrons. The number of nitrogens with zero attached hydrogens (tertiary/aromatic N) is 3. The van der Waals surface area contributed by atoms with Gasteiger partial charge in [0.1, 0.15) is 11.9 Å². The maximum absolute atomic E-state index is 12.3. The molecule has 1 saturated carbocycles. The molecule has 2 heterocycles. The number of hydrogen-bond donors (Lipinski definition) is 2. The molecule has 0 radical (unpaired) electrons. The minimum Gasteiger partial charge on any atom is -0.480 e. The summed E-state index contributed by atoms with van der Waals surface area (Å²) in [5.74, 6) is -0.377. The molecule has 0 aromatic carbocycles. The zero-order valence-electron chi connectivity index (χ0n) is 11.1. The highest BCUT2D eigenvalue weighted by Gasteiger charge is 2.41. The second-order valence-corrected chi connectivity index (χ2v) is 5.22. The summed E-state index contributed by atoms with van der Waals surface area (Å²) >= 11 is 0. The largest absolute Gasteiger partial charge is 0.480 e. The van der Waals surface area contributed by atoms with Crippen LogP contribution in [-0.4, -0.2) is 62.9 Å². The molecule has 1 aliphatic heterocycles. The lowest BCUT2D eigenvalue weighted by Gasteiger charge is -2.19. The number of carboxylic acid groups (broad SMARTS) is 1. The van der Waals surface area contributed by atoms with Crippen molar-refractivity contribution in [2.24, 2.45) is 0 Å². The van der Waals surface area contributed by atoms with E-state index in [1.807, 2.05) is 0 Å². The van der Waals surface area contributed by atoms with Crippen molar-refractivity contribution in [3.8, 4) is 0 Å². The minimum atomic E-state index is -1.03. The Hall–Kier alpha value is -1.96. The van der Waals surface area contributed by atoms with E-state index < -0.39 is 17.9 Å². The van der Waals surface area contributed by atoms with Crippen molar-refractivity contribution in [2.75, 3.05) is 13.7 Å². The smallest absolute Gasteiger partial charge is 0.326 e. The van der Waals surface area contributed by atoms with Crippen molar-refractivity contribution in [1.29, 1.82) is 0 Å². The van der Waals surface area contributed by atoms with E-state index in [2.05, 4.69) is 15.2 Å². The maximum Gasteiger partial charge on any atom is 0.326 e. The summed E-state index contributed by atoms with van der Waals surface area (Å²) in [7, 11) is 1.51. The first kappa shape index (κ1) is 13.0. The molecule has 1 saturated heterocycles. The van der Waals surface area contributed by atoms with Crippen LogP contribution in [0.1, 0.15) is 41.6 Å². The fraction of sp³-hybridized carbons (Fsp3) is 0.667. The summed E-state index contributed by atoms with van der Waals surface area (Å²) < 4.78 is 5.16. The van der Waals surface area contributed by atoms with Crippen LogP contribution in [-0.2, 0) is 9.53 Å². The predicted molar refractivity (Wildman–Crippen MR) is 66.2 cm³/mol. The zero-order valence-corrected chi connectivity index (χ0v) is 11.1. The third-order valence-electron chi connectivity index (χ3n) is 3.80. The van der Waals surface area contributed by atoms with Crippen LogP contribution in [0.5, 0.6) is 0 Å². The van der Waals surface area contributed by atoms with Crippen molar-refractivity contribution in [1.82, 2.24) is 20.1 Å². The molecule has 20 heavy (non-hydrogen) atoms. The lowest BCUT2D eigenvalue weighted by atomic mass is 10.2. The maximum atomic E-state index is 12.3. The van der Waals surface area contributed by atoms with Gasteiger partial charge in [0.15, 0.2) is 0 Å². The molecule has 1 aromatic rings. The van der Waals surface area contributed by atoms with Crippen LogP contribution in [0.3, 0.4) is 0 Å². The highest BCUT2D eigenvalue weighted by atomic mass is 16.5. The number of carbonyl (C=O) groups excluding carboxylic acids is 1. The average Bonchev–Trinajstić information content (AvgIpc) is 3.02. The van der Waals surface area contributed by atoms with Gasteiger partial charge in [-0.25, -0.2) is 9.78 Å². The highest BCUT2D eigenvalue weighted by molar-refractivity contribution is 5.94. The number of aromatic amines is 1. The van der Waals surface area contributed by atoms with Gasteiger partial charge in [0.25, 0.3) is 5.91 Å². The number of aliphatic carboxylic acids is 1. The van der Waals surface area contributed by atoms with Crippen molar-refractivity contribution >= 4 is 11.9 Å². The number of methoxy groups -OCH3 is 1. The number of nitrogens with one attached hydrogen (secondary N) is 1. The Balaban J connectivity index is 1.78. The Bertz CT molecular complexity index is 539. The number of amides is 1. The van der Waals surface area contributed by atoms with Gasteiger partial charge >= 0.3 is 5.97 Å². The van der Waals surface area contributed by atoms with Gasteiger partial charge in [-0.2, -0.15) is 0 Å². The average molecular weight is 280 g/mol. The van der Waals surface area contributed by atoms with Gasteiger partial charge in [-0.05, 0) is 12.8 Å². The fourth-order valence-corrected chi connectivity index (χ4v) is 2.46. The lowest BCUT2D eigenvalue weighted by molar-refractivity contribution is -0.141. The quantitative estimate of drug-likeness (QED) is 0.803. The van der Waals surface area contributed by atoms with Crippen LogP contribution in [0.25, 0.3) is 0 Å². The van der Waals surface area contributed by atoms with Crippen LogP contribution < -0.4 is 0 Å². The Kier molecular flexibility index (Phi) is 3.17. The third-order valence-corrected chi connectivity index (χ3v) is 3.80. The first-order chi connectivity index (χ1) is 9.60. The van der Waals surface area contributed by atoms with Gasteiger partial charge < -0.3 is 14.7 Å². The van der Waals surface area contributed by atoms with E-state index in [-0.39, 0.29) is 24.9 Å². The van der Waals surface area contributed by atoms with Crippen LogP contribution in [0, 0.1) is 0 Å². The normalized spacial score (nSPS) is 25.9. The summed E-state index contributed by atoms with van der Waals surface area (Å²) in [6.45, 7) is 0.250. The van der Waals surface area contributed by atoms with Crippen molar-refractivity contribution in [2.45, 2.75) is 37.3 Å². The van der Waals surface area contributed by atoms with Crippen LogP contribution in [0.2, 0.25) is 0 Å². The number of H-pyrrole nitrogens is 1. The standard InChI is InChI=1S/C12H16N4O4/c1-20-7-4-8(12(18)19)16(5-7)11(17)10-13-9(14-15-10)6-2-3-6/h6-8H,2-5H2,1H3,(H,18,19)(H,13,14,15). The molecule has 2 aliphatic rings. The Morgan fingerprint density at radius 3 is 2.80 bits per heavy atom. The lowest BCUT2D eigenvalue weighted by Crippen LogP contribution is -2.41. The molecular weight excluding hydrogens is 264 g/mol. The molecule has 3 rings (SSSR count). The Labute approximate surface area is 115 Å². The summed E-state index contributed by atoms with van der Waals surface area (Å²) in [6, 6.07) is -0.879. The summed E-state index contributed by atoms with van der Waals surface area (Å²) in [6.07, 6.45) is 2.13. The number of rotatable bonds is 4. The number of likely N-dealkylation sites (tertiary alicyclic amines) is 1. The zero-order chi connectivity index (χ0) is 14.3. The topological polar surface area (TPSA) is 108 Å². The second kappa shape index (κ2) is 4.86. The molecule has 2 N–H and O–H groups in total. The predicted octanol–water partition coefficient (Wildman–Crippen LogP) is -0.00380. The van der Waals surface area contributed by atoms with E-state index in [1.165, 1.54) is 12.0 Å². The summed E-state index contributed by atoms with van der Waals surface area (Å²) in [5, 5.41) is 15.9. The molecule has 8 heteroatoms. The van der Waals surface area contributed by atoms with E-state index in [9.17, 15) is 14.7 Å². The number of carboxylic acids is 1. The van der Waals surface area contributed by atoms with Gasteiger partial charge in [-0.3, -0.25) is 9.89 Å². The monoisotopic (exact) mass is 280 g/mol. The highest BCUT2D eigenvalue weighted by Crippen LogP contribution is 2.37. The molecule has 8 nitrogen and oxygen atoms in total. The van der Waals surface area contributed by atoms with Gasteiger partial charge in [0.2, 0.25) is 5.82 Å². The molecule has 2 atom stereocenters. The molecule has 2 unspecified atom stereocenters. The Morgan fingerprint density at radius 2 is 2.20 bits per heavy atom. The molecule has 2 fully saturated rings. The third kappa shape index (κ3) is 2.26. The first-order valence-corrected chi connectivity index (χ1v) is 6.59. The molecule has 1 aliphatic carbocycles. The van der Waals surface area contributed by atoms with E-state index in [0.29, 0.717) is 11.7 Å². The number of carbonyl (C=O) groups is 2. The number of hydrogen-bond acceptors (Lipinski definition) is 5. The van der Waals surface area contributed by atoms with Crippen molar-refractivity contribution < 1.29 is 19.4 Å². The molecule has 0 spiro atoms. The fourth-order valence-electron chi connectivity index (χ4n) is 2.46. The molecule has 1 aromatic heterocycles. The SMILES string of the molecule is COC1CC(C(=O)O)N(C(=O)c2n[nH]c(C3CC3)n2)C1. The summed E-state index contributed by atoms with van der Waals surface area (Å²) in [4.78, 5) is 29.0. The molecular formula is C12H16N4O4. The van der Waals surface area contributed by atoms with E-state index in [4.69, 9.17) is 4.74 Å². The molecule has 0 bridgehead atoms. The number of aromatic nitrogens is 3. The van der Waals surface area contributed by atoms with E-state index in [1.54, 1.807) is 0 Å².